The molecule has 1 aromatic heterocycles. The van der Waals surface area contributed by atoms with Gasteiger partial charge in [-0.15, -0.1) is 0 Å². The van der Waals surface area contributed by atoms with Crippen LogP contribution >= 0.6 is 0 Å². The third-order valence-electron chi connectivity index (χ3n) is 4.80. The minimum absolute atomic E-state index is 0.0175. The number of amides is 1. The third kappa shape index (κ3) is 4.38. The van der Waals surface area contributed by atoms with Crippen LogP contribution in [0.1, 0.15) is 24.0 Å². The topological polar surface area (TPSA) is 61.4 Å². The van der Waals surface area contributed by atoms with Crippen molar-refractivity contribution >= 4 is 17.4 Å². The van der Waals surface area contributed by atoms with E-state index in [1.807, 2.05) is 39.1 Å². The fourth-order valence-corrected chi connectivity index (χ4v) is 3.16. The number of benzene rings is 1. The summed E-state index contributed by atoms with van der Waals surface area (Å²) in [5.74, 6) is 1.79. The van der Waals surface area contributed by atoms with E-state index in [2.05, 4.69) is 44.1 Å². The Hall–Kier alpha value is -2.47. The monoisotopic (exact) mass is 353 g/mol. The standard InChI is InChI=1S/C20H27N5O/c1-5-16-6-8-17(9-7-16)23-20(26)13-24(4)18-11-25(12-18)19-10-14(2)21-15(3)22-19/h6-10,18H,5,11-13H2,1-4H3,(H,23,26). The molecule has 0 radical (unpaired) electrons. The summed E-state index contributed by atoms with van der Waals surface area (Å²) in [6, 6.07) is 10.4. The molecule has 1 amide bonds. The van der Waals surface area contributed by atoms with Crippen molar-refractivity contribution in [3.8, 4) is 0 Å². The summed E-state index contributed by atoms with van der Waals surface area (Å²) in [5, 5.41) is 2.97. The molecule has 6 nitrogen and oxygen atoms in total. The van der Waals surface area contributed by atoms with E-state index in [1.165, 1.54) is 5.56 Å². The van der Waals surface area contributed by atoms with Gasteiger partial charge in [0.2, 0.25) is 5.91 Å². The molecule has 2 aromatic rings. The lowest BCUT2D eigenvalue weighted by Crippen LogP contribution is -2.59. The molecule has 0 spiro atoms. The van der Waals surface area contributed by atoms with Crippen molar-refractivity contribution in [2.45, 2.75) is 33.2 Å². The zero-order valence-electron chi connectivity index (χ0n) is 16.0. The van der Waals surface area contributed by atoms with Gasteiger partial charge in [-0.3, -0.25) is 9.69 Å². The second kappa shape index (κ2) is 7.83. The molecule has 1 aliphatic rings. The van der Waals surface area contributed by atoms with Crippen LogP contribution in [0.3, 0.4) is 0 Å². The molecular formula is C20H27N5O. The number of hydrogen-bond acceptors (Lipinski definition) is 5. The predicted octanol–water partition coefficient (Wildman–Crippen LogP) is 2.41. The maximum Gasteiger partial charge on any atom is 0.238 e. The van der Waals surface area contributed by atoms with E-state index in [9.17, 15) is 4.79 Å². The molecule has 26 heavy (non-hydrogen) atoms. The number of aromatic nitrogens is 2. The number of nitrogens with one attached hydrogen (secondary N) is 1. The summed E-state index contributed by atoms with van der Waals surface area (Å²) in [7, 11) is 2.00. The zero-order chi connectivity index (χ0) is 18.7. The van der Waals surface area contributed by atoms with Crippen molar-refractivity contribution in [1.29, 1.82) is 0 Å². The van der Waals surface area contributed by atoms with Crippen molar-refractivity contribution in [2.75, 3.05) is 36.9 Å². The molecule has 1 aromatic carbocycles. The Bertz CT molecular complexity index is 748. The summed E-state index contributed by atoms with van der Waals surface area (Å²) in [5.41, 5.74) is 3.10. The van der Waals surface area contributed by atoms with Crippen molar-refractivity contribution < 1.29 is 4.79 Å². The summed E-state index contributed by atoms with van der Waals surface area (Å²) in [6.45, 7) is 8.16. The number of rotatable bonds is 6. The SMILES string of the molecule is CCc1ccc(NC(=O)CN(C)C2CN(c3cc(C)nc(C)n3)C2)cc1. The van der Waals surface area contributed by atoms with Gasteiger partial charge in [0.1, 0.15) is 11.6 Å². The minimum atomic E-state index is 0.0175. The lowest BCUT2D eigenvalue weighted by atomic mass is 10.1. The fourth-order valence-electron chi connectivity index (χ4n) is 3.16. The Morgan fingerprint density at radius 3 is 2.54 bits per heavy atom. The van der Waals surface area contributed by atoms with Crippen LogP contribution < -0.4 is 10.2 Å². The maximum atomic E-state index is 12.3. The first kappa shape index (κ1) is 18.3. The van der Waals surface area contributed by atoms with E-state index in [1.54, 1.807) is 0 Å². The minimum Gasteiger partial charge on any atom is -0.353 e. The number of carbonyl (C=O) groups is 1. The number of likely N-dealkylation sites (N-methyl/N-ethyl adjacent to an activating group) is 1. The van der Waals surface area contributed by atoms with Crippen LogP contribution in [0.5, 0.6) is 0 Å². The first-order valence-electron chi connectivity index (χ1n) is 9.11. The highest BCUT2D eigenvalue weighted by atomic mass is 16.2. The number of aryl methyl sites for hydroxylation is 3. The van der Waals surface area contributed by atoms with E-state index in [0.717, 1.165) is 42.5 Å². The molecule has 1 N–H and O–H groups in total. The smallest absolute Gasteiger partial charge is 0.238 e. The average Bonchev–Trinajstić information content (AvgIpc) is 2.53. The van der Waals surface area contributed by atoms with Gasteiger partial charge in [0.25, 0.3) is 0 Å². The Balaban J connectivity index is 1.48. The maximum absolute atomic E-state index is 12.3. The largest absolute Gasteiger partial charge is 0.353 e. The molecule has 138 valence electrons. The molecule has 0 bridgehead atoms. The lowest BCUT2D eigenvalue weighted by Gasteiger charge is -2.44. The highest BCUT2D eigenvalue weighted by molar-refractivity contribution is 5.92. The van der Waals surface area contributed by atoms with Gasteiger partial charge >= 0.3 is 0 Å². The zero-order valence-corrected chi connectivity index (χ0v) is 16.0. The fraction of sp³-hybridized carbons (Fsp3) is 0.450. The van der Waals surface area contributed by atoms with Gasteiger partial charge in [-0.25, -0.2) is 9.97 Å². The third-order valence-corrected chi connectivity index (χ3v) is 4.80. The van der Waals surface area contributed by atoms with Gasteiger partial charge < -0.3 is 10.2 Å². The number of hydrogen-bond donors (Lipinski definition) is 1. The van der Waals surface area contributed by atoms with Gasteiger partial charge in [0.05, 0.1) is 6.54 Å². The van der Waals surface area contributed by atoms with Crippen LogP contribution in [0.25, 0.3) is 0 Å². The average molecular weight is 353 g/mol. The predicted molar refractivity (Wildman–Crippen MR) is 105 cm³/mol. The van der Waals surface area contributed by atoms with E-state index in [-0.39, 0.29) is 5.91 Å². The Kier molecular flexibility index (Phi) is 5.52. The molecule has 1 fully saturated rings. The number of nitrogens with zero attached hydrogens (tertiary/aromatic N) is 4. The molecular weight excluding hydrogens is 326 g/mol. The van der Waals surface area contributed by atoms with Crippen molar-refractivity contribution in [1.82, 2.24) is 14.9 Å². The van der Waals surface area contributed by atoms with Crippen LogP contribution in [0.15, 0.2) is 30.3 Å². The summed E-state index contributed by atoms with van der Waals surface area (Å²) in [6.07, 6.45) is 1.00. The summed E-state index contributed by atoms with van der Waals surface area (Å²) < 4.78 is 0. The van der Waals surface area contributed by atoms with Gasteiger partial charge in [-0.1, -0.05) is 19.1 Å². The van der Waals surface area contributed by atoms with E-state index < -0.39 is 0 Å². The molecule has 1 saturated heterocycles. The second-order valence-corrected chi connectivity index (χ2v) is 6.99. The van der Waals surface area contributed by atoms with Crippen LogP contribution in [-0.2, 0) is 11.2 Å². The first-order chi connectivity index (χ1) is 12.4. The van der Waals surface area contributed by atoms with E-state index in [0.29, 0.717) is 12.6 Å². The Morgan fingerprint density at radius 2 is 1.92 bits per heavy atom. The highest BCUT2D eigenvalue weighted by Gasteiger charge is 2.31. The molecule has 3 rings (SSSR count). The Labute approximate surface area is 155 Å². The molecule has 0 atom stereocenters. The molecule has 0 saturated carbocycles. The van der Waals surface area contributed by atoms with Crippen molar-refractivity contribution in [3.05, 3.63) is 47.4 Å². The highest BCUT2D eigenvalue weighted by Crippen LogP contribution is 2.22. The Morgan fingerprint density at radius 1 is 1.23 bits per heavy atom. The summed E-state index contributed by atoms with van der Waals surface area (Å²) >= 11 is 0. The lowest BCUT2D eigenvalue weighted by molar-refractivity contribution is -0.117. The van der Waals surface area contributed by atoms with Gasteiger partial charge in [-0.05, 0) is 45.0 Å². The van der Waals surface area contributed by atoms with Gasteiger partial charge in [-0.2, -0.15) is 0 Å². The summed E-state index contributed by atoms with van der Waals surface area (Å²) in [4.78, 5) is 25.4. The quantitative estimate of drug-likeness (QED) is 0.864. The van der Waals surface area contributed by atoms with Crippen molar-refractivity contribution in [3.63, 3.8) is 0 Å². The van der Waals surface area contributed by atoms with Crippen LogP contribution in [-0.4, -0.2) is 53.5 Å². The van der Waals surface area contributed by atoms with Crippen LogP contribution in [0.2, 0.25) is 0 Å². The van der Waals surface area contributed by atoms with E-state index >= 15 is 0 Å². The normalized spacial score (nSPS) is 14.4. The molecule has 2 heterocycles. The molecule has 6 heteroatoms. The van der Waals surface area contributed by atoms with Crippen LogP contribution in [0, 0.1) is 13.8 Å². The second-order valence-electron chi connectivity index (χ2n) is 6.99. The van der Waals surface area contributed by atoms with E-state index in [4.69, 9.17) is 0 Å². The van der Waals surface area contributed by atoms with Crippen LogP contribution in [0.4, 0.5) is 11.5 Å². The van der Waals surface area contributed by atoms with Crippen molar-refractivity contribution in [2.24, 2.45) is 0 Å². The van der Waals surface area contributed by atoms with Gasteiger partial charge in [0, 0.05) is 36.6 Å². The molecule has 0 aliphatic carbocycles. The number of carbonyl (C=O) groups excluding carboxylic acids is 1. The molecule has 1 aliphatic heterocycles. The number of anilines is 2. The van der Waals surface area contributed by atoms with Gasteiger partial charge in [0.15, 0.2) is 0 Å². The first-order valence-corrected chi connectivity index (χ1v) is 9.11. The molecule has 0 unspecified atom stereocenters.